The Labute approximate surface area is 151 Å². The number of nitrogens with zero attached hydrogens (tertiary/aromatic N) is 1. The molecule has 0 spiro atoms. The van der Waals surface area contributed by atoms with E-state index < -0.39 is 0 Å². The van der Waals surface area contributed by atoms with Crippen molar-refractivity contribution in [3.8, 4) is 0 Å². The van der Waals surface area contributed by atoms with Crippen LogP contribution in [0.1, 0.15) is 42.1 Å². The second-order valence-electron chi connectivity index (χ2n) is 7.58. The van der Waals surface area contributed by atoms with Crippen LogP contribution in [-0.2, 0) is 0 Å². The highest BCUT2D eigenvalue weighted by molar-refractivity contribution is 5.95. The second kappa shape index (κ2) is 8.32. The summed E-state index contributed by atoms with van der Waals surface area (Å²) in [6.07, 6.45) is 3.39. The number of amides is 1. The van der Waals surface area contributed by atoms with E-state index in [0.29, 0.717) is 11.5 Å². The largest absolute Gasteiger partial charge is 0.349 e. The topological polar surface area (TPSA) is 44.4 Å². The summed E-state index contributed by atoms with van der Waals surface area (Å²) in [6, 6.07) is 8.12. The van der Waals surface area contributed by atoms with E-state index >= 15 is 0 Å². The zero-order valence-electron chi connectivity index (χ0n) is 14.8. The molecule has 0 radical (unpaired) electrons. The highest BCUT2D eigenvalue weighted by Gasteiger charge is 2.32. The predicted molar refractivity (Wildman–Crippen MR) is 101 cm³/mol. The van der Waals surface area contributed by atoms with Crippen molar-refractivity contribution in [2.45, 2.75) is 39.2 Å². The Hall–Kier alpha value is -1.10. The summed E-state index contributed by atoms with van der Waals surface area (Å²) in [4.78, 5) is 15.0. The molecule has 1 unspecified atom stereocenters. The highest BCUT2D eigenvalue weighted by Crippen LogP contribution is 2.27. The van der Waals surface area contributed by atoms with Crippen LogP contribution in [-0.4, -0.2) is 49.6 Å². The van der Waals surface area contributed by atoms with Crippen molar-refractivity contribution < 1.29 is 4.79 Å². The fourth-order valence-corrected chi connectivity index (χ4v) is 3.87. The maximum Gasteiger partial charge on any atom is 0.251 e. The Morgan fingerprint density at radius 1 is 1.33 bits per heavy atom. The van der Waals surface area contributed by atoms with E-state index in [0.717, 1.165) is 50.1 Å². The minimum Gasteiger partial charge on any atom is -0.349 e. The lowest BCUT2D eigenvalue weighted by Crippen LogP contribution is -2.47. The van der Waals surface area contributed by atoms with Crippen LogP contribution < -0.4 is 10.6 Å². The number of piperidine rings is 1. The molecule has 2 heterocycles. The van der Waals surface area contributed by atoms with Crippen LogP contribution in [0.5, 0.6) is 0 Å². The molecular formula is C19H30ClN3O. The lowest BCUT2D eigenvalue weighted by molar-refractivity contribution is 0.0891. The monoisotopic (exact) mass is 351 g/mol. The number of hydrogen-bond donors (Lipinski definition) is 2. The van der Waals surface area contributed by atoms with Crippen molar-refractivity contribution >= 4 is 18.3 Å². The van der Waals surface area contributed by atoms with Crippen LogP contribution in [0.15, 0.2) is 24.3 Å². The Kier molecular flexibility index (Phi) is 6.67. The molecule has 2 fully saturated rings. The average Bonchev–Trinajstić information content (AvgIpc) is 2.96. The first-order chi connectivity index (χ1) is 11.1. The van der Waals surface area contributed by atoms with Crippen molar-refractivity contribution in [1.29, 1.82) is 0 Å². The summed E-state index contributed by atoms with van der Waals surface area (Å²) in [7, 11) is 0. The minimum absolute atomic E-state index is 0. The fourth-order valence-electron chi connectivity index (χ4n) is 3.87. The van der Waals surface area contributed by atoms with Gasteiger partial charge >= 0.3 is 0 Å². The van der Waals surface area contributed by atoms with Crippen LogP contribution in [0, 0.1) is 12.3 Å². The molecule has 4 nitrogen and oxygen atoms in total. The van der Waals surface area contributed by atoms with E-state index in [4.69, 9.17) is 0 Å². The van der Waals surface area contributed by atoms with E-state index in [2.05, 4.69) is 22.5 Å². The Morgan fingerprint density at radius 3 is 2.67 bits per heavy atom. The number of halogens is 1. The molecule has 1 aromatic rings. The highest BCUT2D eigenvalue weighted by atomic mass is 35.5. The van der Waals surface area contributed by atoms with E-state index in [1.807, 2.05) is 31.2 Å². The molecule has 1 amide bonds. The molecule has 0 saturated carbocycles. The minimum atomic E-state index is 0. The maximum absolute atomic E-state index is 12.4. The van der Waals surface area contributed by atoms with Gasteiger partial charge in [0.1, 0.15) is 0 Å². The lowest BCUT2D eigenvalue weighted by atomic mass is 9.88. The van der Waals surface area contributed by atoms with Crippen LogP contribution in [0.4, 0.5) is 0 Å². The van der Waals surface area contributed by atoms with Gasteiger partial charge in [0, 0.05) is 37.8 Å². The van der Waals surface area contributed by atoms with Crippen LogP contribution in [0.3, 0.4) is 0 Å². The van der Waals surface area contributed by atoms with Gasteiger partial charge in [-0.15, -0.1) is 12.4 Å². The van der Waals surface area contributed by atoms with Crippen molar-refractivity contribution in [2.24, 2.45) is 5.41 Å². The quantitative estimate of drug-likeness (QED) is 0.876. The SMILES string of the molecule is Cc1ccccc1C(=O)NC1CCN(CC2(C)CCNC2)CC1.Cl. The number of nitrogens with one attached hydrogen (secondary N) is 2. The normalized spacial score (nSPS) is 25.2. The van der Waals surface area contributed by atoms with Gasteiger partial charge in [0.15, 0.2) is 0 Å². The first kappa shape index (κ1) is 19.2. The summed E-state index contributed by atoms with van der Waals surface area (Å²) >= 11 is 0. The molecule has 134 valence electrons. The molecule has 2 aliphatic rings. The Bertz CT molecular complexity index is 549. The lowest BCUT2D eigenvalue weighted by Gasteiger charge is -2.37. The molecule has 0 bridgehead atoms. The summed E-state index contributed by atoms with van der Waals surface area (Å²) < 4.78 is 0. The first-order valence-corrected chi connectivity index (χ1v) is 8.85. The number of benzene rings is 1. The summed E-state index contributed by atoms with van der Waals surface area (Å²) in [5, 5.41) is 6.70. The van der Waals surface area contributed by atoms with Crippen molar-refractivity contribution in [2.75, 3.05) is 32.7 Å². The van der Waals surface area contributed by atoms with E-state index in [9.17, 15) is 4.79 Å². The molecule has 2 saturated heterocycles. The van der Waals surface area contributed by atoms with Gasteiger partial charge < -0.3 is 15.5 Å². The van der Waals surface area contributed by atoms with Gasteiger partial charge in [-0.2, -0.15) is 0 Å². The third-order valence-electron chi connectivity index (χ3n) is 5.37. The predicted octanol–water partition coefficient (Wildman–Crippen LogP) is 2.61. The van der Waals surface area contributed by atoms with Gasteiger partial charge in [-0.05, 0) is 49.8 Å². The van der Waals surface area contributed by atoms with Crippen molar-refractivity contribution in [3.05, 3.63) is 35.4 Å². The smallest absolute Gasteiger partial charge is 0.251 e. The molecule has 2 N–H and O–H groups in total. The van der Waals surface area contributed by atoms with E-state index in [-0.39, 0.29) is 18.3 Å². The zero-order chi connectivity index (χ0) is 16.3. The standard InChI is InChI=1S/C19H29N3O.ClH/c1-15-5-3-4-6-17(15)18(23)21-16-7-11-22(12-8-16)14-19(2)9-10-20-13-19;/h3-6,16,20H,7-14H2,1-2H3,(H,21,23);1H. The number of carbonyl (C=O) groups is 1. The molecule has 3 rings (SSSR count). The van der Waals surface area contributed by atoms with Crippen molar-refractivity contribution in [1.82, 2.24) is 15.5 Å². The number of carbonyl (C=O) groups excluding carboxylic acids is 1. The third-order valence-corrected chi connectivity index (χ3v) is 5.37. The van der Waals surface area contributed by atoms with Crippen molar-refractivity contribution in [3.63, 3.8) is 0 Å². The molecular weight excluding hydrogens is 322 g/mol. The van der Waals surface area contributed by atoms with E-state index in [1.165, 1.54) is 13.0 Å². The van der Waals surface area contributed by atoms with Crippen LogP contribution in [0.25, 0.3) is 0 Å². The second-order valence-corrected chi connectivity index (χ2v) is 7.58. The van der Waals surface area contributed by atoms with Gasteiger partial charge in [0.05, 0.1) is 0 Å². The molecule has 1 aromatic carbocycles. The summed E-state index contributed by atoms with van der Waals surface area (Å²) in [6.45, 7) is 10.0. The molecule has 0 aliphatic carbocycles. The molecule has 5 heteroatoms. The molecule has 2 aliphatic heterocycles. The molecule has 24 heavy (non-hydrogen) atoms. The zero-order valence-corrected chi connectivity index (χ0v) is 15.6. The third kappa shape index (κ3) is 4.71. The van der Waals surface area contributed by atoms with Gasteiger partial charge in [0.2, 0.25) is 0 Å². The number of hydrogen-bond acceptors (Lipinski definition) is 3. The molecule has 0 aromatic heterocycles. The maximum atomic E-state index is 12.4. The van der Waals surface area contributed by atoms with Gasteiger partial charge in [0.25, 0.3) is 5.91 Å². The summed E-state index contributed by atoms with van der Waals surface area (Å²) in [5.74, 6) is 0.0773. The van der Waals surface area contributed by atoms with Gasteiger partial charge in [-0.25, -0.2) is 0 Å². The first-order valence-electron chi connectivity index (χ1n) is 8.85. The van der Waals surface area contributed by atoms with Gasteiger partial charge in [-0.3, -0.25) is 4.79 Å². The van der Waals surface area contributed by atoms with Crippen LogP contribution in [0.2, 0.25) is 0 Å². The Balaban J connectivity index is 0.00000208. The summed E-state index contributed by atoms with van der Waals surface area (Å²) in [5.41, 5.74) is 2.28. The van der Waals surface area contributed by atoms with E-state index in [1.54, 1.807) is 0 Å². The average molecular weight is 352 g/mol. The Morgan fingerprint density at radius 2 is 2.04 bits per heavy atom. The number of likely N-dealkylation sites (tertiary alicyclic amines) is 1. The van der Waals surface area contributed by atoms with Crippen LogP contribution >= 0.6 is 12.4 Å². The molecule has 1 atom stereocenters. The number of aryl methyl sites for hydroxylation is 1. The number of rotatable bonds is 4. The van der Waals surface area contributed by atoms with Gasteiger partial charge in [-0.1, -0.05) is 25.1 Å². The fraction of sp³-hybridized carbons (Fsp3) is 0.632.